The summed E-state index contributed by atoms with van der Waals surface area (Å²) in [5, 5.41) is 13.7. The molecule has 0 aromatic heterocycles. The van der Waals surface area contributed by atoms with Gasteiger partial charge >= 0.3 is 5.69 Å². The minimum atomic E-state index is -0.635. The molecular weight excluding hydrogens is 509 g/mol. The van der Waals surface area contributed by atoms with Crippen molar-refractivity contribution >= 4 is 52.5 Å². The predicted molar refractivity (Wildman–Crippen MR) is 135 cm³/mol. The van der Waals surface area contributed by atoms with E-state index < -0.39 is 22.4 Å². The van der Waals surface area contributed by atoms with Crippen LogP contribution in [0, 0.1) is 10.1 Å². The topological polar surface area (TPSA) is 111 Å². The van der Waals surface area contributed by atoms with Crippen molar-refractivity contribution in [1.29, 1.82) is 0 Å². The van der Waals surface area contributed by atoms with Gasteiger partial charge in [0.2, 0.25) is 5.75 Å². The van der Waals surface area contributed by atoms with Gasteiger partial charge in [-0.3, -0.25) is 25.1 Å². The van der Waals surface area contributed by atoms with Gasteiger partial charge in [-0.25, -0.2) is 5.01 Å². The van der Waals surface area contributed by atoms with Crippen molar-refractivity contribution in [3.63, 3.8) is 0 Å². The number of nitrogens with one attached hydrogen (secondary N) is 1. The molecule has 2 amide bonds. The number of para-hydroxylation sites is 1. The van der Waals surface area contributed by atoms with E-state index in [2.05, 4.69) is 5.43 Å². The Morgan fingerprint density at radius 2 is 1.78 bits per heavy atom. The number of benzene rings is 3. The number of nitrogens with zero attached hydrogens (tertiary/aromatic N) is 2. The van der Waals surface area contributed by atoms with Crippen LogP contribution < -0.4 is 19.9 Å². The Balaban J connectivity index is 1.68. The maximum absolute atomic E-state index is 12.9. The van der Waals surface area contributed by atoms with E-state index in [-0.39, 0.29) is 35.8 Å². The minimum absolute atomic E-state index is 0.0365. The van der Waals surface area contributed by atoms with Crippen molar-refractivity contribution in [1.82, 2.24) is 5.43 Å². The molecule has 0 unspecified atom stereocenters. The molecule has 0 bridgehead atoms. The Hall–Kier alpha value is -4.08. The summed E-state index contributed by atoms with van der Waals surface area (Å²) in [6.07, 6.45) is 1.28. The van der Waals surface area contributed by atoms with Gasteiger partial charge in [0.15, 0.2) is 5.75 Å². The van der Waals surface area contributed by atoms with Crippen LogP contribution in [0.4, 0.5) is 11.4 Å². The van der Waals surface area contributed by atoms with Gasteiger partial charge in [0, 0.05) is 6.07 Å². The van der Waals surface area contributed by atoms with E-state index in [0.717, 1.165) is 5.01 Å². The third-order valence-electron chi connectivity index (χ3n) is 5.14. The first-order chi connectivity index (χ1) is 17.3. The van der Waals surface area contributed by atoms with E-state index in [1.807, 2.05) is 0 Å². The van der Waals surface area contributed by atoms with Gasteiger partial charge in [0.05, 0.1) is 27.3 Å². The van der Waals surface area contributed by atoms with Crippen molar-refractivity contribution in [3.8, 4) is 11.5 Å². The van der Waals surface area contributed by atoms with E-state index in [1.165, 1.54) is 18.2 Å². The average Bonchev–Trinajstić information content (AvgIpc) is 3.14. The van der Waals surface area contributed by atoms with Crippen LogP contribution in [0.15, 0.2) is 66.2 Å². The van der Waals surface area contributed by atoms with Crippen molar-refractivity contribution in [2.45, 2.75) is 13.5 Å². The Bertz CT molecular complexity index is 1380. The number of hydrogen-bond acceptors (Lipinski definition) is 6. The van der Waals surface area contributed by atoms with Gasteiger partial charge in [-0.05, 0) is 54.5 Å². The van der Waals surface area contributed by atoms with Gasteiger partial charge in [0.1, 0.15) is 12.2 Å². The molecule has 1 saturated heterocycles. The zero-order chi connectivity index (χ0) is 25.8. The van der Waals surface area contributed by atoms with E-state index in [4.69, 9.17) is 32.7 Å². The Kier molecular flexibility index (Phi) is 7.42. The van der Waals surface area contributed by atoms with Crippen molar-refractivity contribution in [2.24, 2.45) is 0 Å². The highest BCUT2D eigenvalue weighted by Gasteiger charge is 2.34. The van der Waals surface area contributed by atoms with Gasteiger partial charge in [-0.1, -0.05) is 47.5 Å². The van der Waals surface area contributed by atoms with Crippen LogP contribution >= 0.6 is 23.2 Å². The van der Waals surface area contributed by atoms with Crippen LogP contribution in [0.25, 0.3) is 6.08 Å². The lowest BCUT2D eigenvalue weighted by Gasteiger charge is -2.14. The quantitative estimate of drug-likeness (QED) is 0.183. The Labute approximate surface area is 215 Å². The van der Waals surface area contributed by atoms with Crippen LogP contribution in [-0.4, -0.2) is 23.3 Å². The smallest absolute Gasteiger partial charge is 0.315 e. The zero-order valence-electron chi connectivity index (χ0n) is 18.9. The molecule has 0 atom stereocenters. The Morgan fingerprint density at radius 3 is 2.44 bits per heavy atom. The van der Waals surface area contributed by atoms with Crippen molar-refractivity contribution < 1.29 is 24.0 Å². The first-order valence-corrected chi connectivity index (χ1v) is 11.5. The minimum Gasteiger partial charge on any atom is -0.490 e. The summed E-state index contributed by atoms with van der Waals surface area (Å²) in [5.41, 5.74) is 3.26. The first-order valence-electron chi connectivity index (χ1n) is 10.7. The molecule has 1 fully saturated rings. The fraction of sp³-hybridized carbons (Fsp3) is 0.120. The molecule has 1 aliphatic rings. The lowest BCUT2D eigenvalue weighted by molar-refractivity contribution is -0.386. The SMILES string of the molecule is CCOc1cc(/C=C2/C(=O)NN(c3ccccc3)C2=O)cc([N+](=O)[O-])c1OCc1ccc(Cl)c(Cl)c1. The second-order valence-corrected chi connectivity index (χ2v) is 8.38. The highest BCUT2D eigenvalue weighted by molar-refractivity contribution is 6.42. The van der Waals surface area contributed by atoms with Gasteiger partial charge in [0.25, 0.3) is 11.8 Å². The first kappa shape index (κ1) is 25.0. The van der Waals surface area contributed by atoms with Crippen LogP contribution in [-0.2, 0) is 16.2 Å². The molecule has 1 aliphatic heterocycles. The van der Waals surface area contributed by atoms with E-state index in [1.54, 1.807) is 55.5 Å². The summed E-state index contributed by atoms with van der Waals surface area (Å²) in [4.78, 5) is 36.7. The number of amides is 2. The molecule has 3 aromatic rings. The molecule has 1 heterocycles. The largest absolute Gasteiger partial charge is 0.490 e. The molecule has 36 heavy (non-hydrogen) atoms. The number of hydrazine groups is 1. The number of nitro groups is 1. The number of rotatable bonds is 8. The summed E-state index contributed by atoms with van der Waals surface area (Å²) in [6.45, 7) is 1.87. The van der Waals surface area contributed by atoms with Gasteiger partial charge in [-0.2, -0.15) is 0 Å². The van der Waals surface area contributed by atoms with Crippen molar-refractivity contribution in [3.05, 3.63) is 97.5 Å². The maximum atomic E-state index is 12.9. The summed E-state index contributed by atoms with van der Waals surface area (Å²) in [6, 6.07) is 16.1. The summed E-state index contributed by atoms with van der Waals surface area (Å²) < 4.78 is 11.4. The second kappa shape index (κ2) is 10.7. The van der Waals surface area contributed by atoms with Gasteiger partial charge in [-0.15, -0.1) is 0 Å². The Morgan fingerprint density at radius 1 is 1.03 bits per heavy atom. The highest BCUT2D eigenvalue weighted by Crippen LogP contribution is 2.40. The third-order valence-corrected chi connectivity index (χ3v) is 5.88. The molecular formula is C25H19Cl2N3O6. The number of anilines is 1. The predicted octanol–water partition coefficient (Wildman–Crippen LogP) is 5.34. The molecule has 0 spiro atoms. The summed E-state index contributed by atoms with van der Waals surface area (Å²) in [7, 11) is 0. The molecule has 3 aromatic carbocycles. The average molecular weight is 528 g/mol. The fourth-order valence-electron chi connectivity index (χ4n) is 3.50. The molecule has 1 N–H and O–H groups in total. The highest BCUT2D eigenvalue weighted by atomic mass is 35.5. The lowest BCUT2D eigenvalue weighted by atomic mass is 10.1. The van der Waals surface area contributed by atoms with Crippen LogP contribution in [0.2, 0.25) is 10.0 Å². The molecule has 0 saturated carbocycles. The zero-order valence-corrected chi connectivity index (χ0v) is 20.4. The lowest BCUT2D eigenvalue weighted by Crippen LogP contribution is -2.35. The van der Waals surface area contributed by atoms with E-state index >= 15 is 0 Å². The summed E-state index contributed by atoms with van der Waals surface area (Å²) >= 11 is 12.0. The molecule has 9 nitrogen and oxygen atoms in total. The van der Waals surface area contributed by atoms with Crippen LogP contribution in [0.3, 0.4) is 0 Å². The second-order valence-electron chi connectivity index (χ2n) is 7.57. The van der Waals surface area contributed by atoms with Crippen molar-refractivity contribution in [2.75, 3.05) is 11.6 Å². The molecule has 0 aliphatic carbocycles. The maximum Gasteiger partial charge on any atom is 0.315 e. The van der Waals surface area contributed by atoms with E-state index in [0.29, 0.717) is 21.3 Å². The number of hydrogen-bond donors (Lipinski definition) is 1. The van der Waals surface area contributed by atoms with Crippen LogP contribution in [0.5, 0.6) is 11.5 Å². The molecule has 0 radical (unpaired) electrons. The van der Waals surface area contributed by atoms with E-state index in [9.17, 15) is 19.7 Å². The third kappa shape index (κ3) is 5.27. The standard InChI is InChI=1S/C25H19Cl2N3O6/c1-2-35-22-13-16(10-18-24(31)28-29(25(18)32)17-6-4-3-5-7-17)12-21(30(33)34)23(22)36-14-15-8-9-19(26)20(27)11-15/h3-13H,2,14H2,1H3,(H,28,31)/b18-10-. The normalized spacial score (nSPS) is 14.2. The molecule has 11 heteroatoms. The number of carbonyl (C=O) groups is 2. The van der Waals surface area contributed by atoms with Crippen LogP contribution in [0.1, 0.15) is 18.1 Å². The number of nitro benzene ring substituents is 1. The van der Waals surface area contributed by atoms with Gasteiger partial charge < -0.3 is 9.47 Å². The number of carbonyl (C=O) groups excluding carboxylic acids is 2. The molecule has 184 valence electrons. The monoisotopic (exact) mass is 527 g/mol. The number of halogens is 2. The summed E-state index contributed by atoms with van der Waals surface area (Å²) in [5.74, 6) is -1.23. The fourth-order valence-corrected chi connectivity index (χ4v) is 3.82. The number of ether oxygens (including phenoxy) is 2. The molecule has 4 rings (SSSR count).